The molecule has 0 fully saturated rings. The number of ether oxygens (including phenoxy) is 2. The van der Waals surface area contributed by atoms with Crippen molar-refractivity contribution < 1.29 is 14.3 Å². The molecule has 1 rings (SSSR count). The number of esters is 1. The molecule has 0 bridgehead atoms. The van der Waals surface area contributed by atoms with Gasteiger partial charge in [-0.25, -0.2) is 4.79 Å². The molecule has 0 aliphatic rings. The molecule has 3 nitrogen and oxygen atoms in total. The van der Waals surface area contributed by atoms with Gasteiger partial charge in [-0.1, -0.05) is 23.2 Å². The summed E-state index contributed by atoms with van der Waals surface area (Å²) in [4.78, 5) is 11.2. The van der Waals surface area contributed by atoms with Crippen molar-refractivity contribution in [1.82, 2.24) is 0 Å². The summed E-state index contributed by atoms with van der Waals surface area (Å²) < 4.78 is 9.91. The fourth-order valence-electron chi connectivity index (χ4n) is 1.13. The quantitative estimate of drug-likeness (QED) is 0.785. The van der Waals surface area contributed by atoms with Crippen molar-refractivity contribution in [3.05, 3.63) is 27.7 Å². The predicted molar refractivity (Wildman–Crippen MR) is 63.3 cm³/mol. The maximum Gasteiger partial charge on any atom is 0.346 e. The van der Waals surface area contributed by atoms with Crippen molar-refractivity contribution in [3.8, 4) is 5.75 Å². The van der Waals surface area contributed by atoms with Gasteiger partial charge in [0.05, 0.1) is 12.1 Å². The van der Waals surface area contributed by atoms with Crippen LogP contribution in [-0.4, -0.2) is 19.2 Å². The number of carbonyl (C=O) groups is 1. The Morgan fingerprint density at radius 2 is 2.00 bits per heavy atom. The van der Waals surface area contributed by atoms with Crippen LogP contribution in [0.15, 0.2) is 12.1 Å². The van der Waals surface area contributed by atoms with Gasteiger partial charge in [0.1, 0.15) is 5.75 Å². The van der Waals surface area contributed by atoms with E-state index < -0.39 is 12.1 Å². The van der Waals surface area contributed by atoms with E-state index in [9.17, 15) is 4.79 Å². The van der Waals surface area contributed by atoms with Crippen LogP contribution in [0.3, 0.4) is 0 Å². The maximum atomic E-state index is 11.2. The van der Waals surface area contributed by atoms with Crippen molar-refractivity contribution >= 4 is 29.2 Å². The Hall–Kier alpha value is -0.930. The summed E-state index contributed by atoms with van der Waals surface area (Å²) in [5.41, 5.74) is 0.720. The monoisotopic (exact) mass is 262 g/mol. The molecule has 0 N–H and O–H groups in total. The standard InChI is InChI=1S/C11H12Cl2O3/c1-6-8(12)4-5-9(10(6)13)16-7(2)11(14)15-3/h4-5,7H,1-3H3. The number of hydrogen-bond donors (Lipinski definition) is 0. The Morgan fingerprint density at radius 3 is 2.56 bits per heavy atom. The topological polar surface area (TPSA) is 35.5 Å². The van der Waals surface area contributed by atoms with Gasteiger partial charge in [0.15, 0.2) is 6.10 Å². The summed E-state index contributed by atoms with van der Waals surface area (Å²) in [5, 5.41) is 0.964. The van der Waals surface area contributed by atoms with Crippen LogP contribution >= 0.6 is 23.2 Å². The first-order valence-electron chi connectivity index (χ1n) is 4.66. The van der Waals surface area contributed by atoms with Gasteiger partial charge >= 0.3 is 5.97 Å². The number of halogens is 2. The summed E-state index contributed by atoms with van der Waals surface area (Å²) in [7, 11) is 1.30. The third-order valence-corrected chi connectivity index (χ3v) is 3.00. The predicted octanol–water partition coefficient (Wildman–Crippen LogP) is 3.24. The van der Waals surface area contributed by atoms with Crippen molar-refractivity contribution in [2.24, 2.45) is 0 Å². The van der Waals surface area contributed by atoms with Crippen LogP contribution in [0, 0.1) is 6.92 Å². The van der Waals surface area contributed by atoms with Crippen LogP contribution in [-0.2, 0) is 9.53 Å². The van der Waals surface area contributed by atoms with Gasteiger partial charge in [-0.15, -0.1) is 0 Å². The SMILES string of the molecule is COC(=O)C(C)Oc1ccc(Cl)c(C)c1Cl. The van der Waals surface area contributed by atoms with E-state index in [0.29, 0.717) is 15.8 Å². The highest BCUT2D eigenvalue weighted by Crippen LogP contribution is 2.33. The summed E-state index contributed by atoms with van der Waals surface area (Å²) in [5.74, 6) is -0.0369. The van der Waals surface area contributed by atoms with Gasteiger partial charge in [-0.2, -0.15) is 0 Å². The van der Waals surface area contributed by atoms with Crippen LogP contribution in [0.4, 0.5) is 0 Å². The summed E-state index contributed by atoms with van der Waals surface area (Å²) >= 11 is 11.9. The van der Waals surface area contributed by atoms with Gasteiger partial charge in [0.2, 0.25) is 0 Å². The first kappa shape index (κ1) is 13.1. The van der Waals surface area contributed by atoms with Gasteiger partial charge < -0.3 is 9.47 Å². The molecule has 1 aromatic carbocycles. The third kappa shape index (κ3) is 2.80. The molecule has 0 amide bonds. The highest BCUT2D eigenvalue weighted by molar-refractivity contribution is 6.36. The van der Waals surface area contributed by atoms with Crippen molar-refractivity contribution in [2.75, 3.05) is 7.11 Å². The highest BCUT2D eigenvalue weighted by atomic mass is 35.5. The minimum Gasteiger partial charge on any atom is -0.477 e. The Kier molecular flexibility index (Phi) is 4.44. The van der Waals surface area contributed by atoms with Gasteiger partial charge in [-0.05, 0) is 31.5 Å². The van der Waals surface area contributed by atoms with E-state index in [1.54, 1.807) is 26.0 Å². The van der Waals surface area contributed by atoms with E-state index in [-0.39, 0.29) is 0 Å². The van der Waals surface area contributed by atoms with Crippen LogP contribution in [0.25, 0.3) is 0 Å². The molecule has 0 aromatic heterocycles. The Bertz CT molecular complexity index is 404. The molecular formula is C11H12Cl2O3. The first-order chi connectivity index (χ1) is 7.47. The van der Waals surface area contributed by atoms with E-state index in [2.05, 4.69) is 4.74 Å². The lowest BCUT2D eigenvalue weighted by Gasteiger charge is -2.14. The molecule has 0 saturated carbocycles. The van der Waals surface area contributed by atoms with E-state index >= 15 is 0 Å². The van der Waals surface area contributed by atoms with Crippen molar-refractivity contribution in [2.45, 2.75) is 20.0 Å². The molecule has 0 radical (unpaired) electrons. The number of rotatable bonds is 3. The van der Waals surface area contributed by atoms with Crippen LogP contribution in [0.1, 0.15) is 12.5 Å². The summed E-state index contributed by atoms with van der Waals surface area (Å²) in [6.07, 6.45) is -0.705. The van der Waals surface area contributed by atoms with Crippen LogP contribution in [0.5, 0.6) is 5.75 Å². The zero-order chi connectivity index (χ0) is 12.3. The minimum absolute atomic E-state index is 0.406. The number of hydrogen-bond acceptors (Lipinski definition) is 3. The second-order valence-electron chi connectivity index (χ2n) is 3.27. The van der Waals surface area contributed by atoms with Crippen molar-refractivity contribution in [1.29, 1.82) is 0 Å². The molecule has 88 valence electrons. The largest absolute Gasteiger partial charge is 0.477 e. The maximum absolute atomic E-state index is 11.2. The van der Waals surface area contributed by atoms with E-state index in [1.807, 2.05) is 0 Å². The second-order valence-corrected chi connectivity index (χ2v) is 4.05. The van der Waals surface area contributed by atoms with Crippen molar-refractivity contribution in [3.63, 3.8) is 0 Å². The van der Waals surface area contributed by atoms with E-state index in [4.69, 9.17) is 27.9 Å². The first-order valence-corrected chi connectivity index (χ1v) is 5.42. The smallest absolute Gasteiger partial charge is 0.346 e. The number of carbonyl (C=O) groups excluding carboxylic acids is 1. The fourth-order valence-corrected chi connectivity index (χ4v) is 1.55. The average molecular weight is 263 g/mol. The molecule has 0 aliphatic carbocycles. The normalized spacial score (nSPS) is 12.1. The molecule has 0 spiro atoms. The Morgan fingerprint density at radius 1 is 1.38 bits per heavy atom. The second kappa shape index (κ2) is 5.41. The van der Waals surface area contributed by atoms with E-state index in [0.717, 1.165) is 5.56 Å². The molecule has 0 heterocycles. The molecule has 1 unspecified atom stereocenters. The fraction of sp³-hybridized carbons (Fsp3) is 0.364. The van der Waals surface area contributed by atoms with Crippen LogP contribution < -0.4 is 4.74 Å². The van der Waals surface area contributed by atoms with Gasteiger partial charge in [-0.3, -0.25) is 0 Å². The lowest BCUT2D eigenvalue weighted by atomic mass is 10.2. The van der Waals surface area contributed by atoms with Crippen LogP contribution in [0.2, 0.25) is 10.0 Å². The molecule has 0 aliphatic heterocycles. The zero-order valence-corrected chi connectivity index (χ0v) is 10.7. The average Bonchev–Trinajstić information content (AvgIpc) is 2.28. The molecular weight excluding hydrogens is 251 g/mol. The lowest BCUT2D eigenvalue weighted by Crippen LogP contribution is -2.25. The highest BCUT2D eigenvalue weighted by Gasteiger charge is 2.17. The Labute approximate surface area is 104 Å². The van der Waals surface area contributed by atoms with Gasteiger partial charge in [0, 0.05) is 5.02 Å². The number of methoxy groups -OCH3 is 1. The lowest BCUT2D eigenvalue weighted by molar-refractivity contribution is -0.147. The third-order valence-electron chi connectivity index (χ3n) is 2.12. The zero-order valence-electron chi connectivity index (χ0n) is 9.21. The number of benzene rings is 1. The molecule has 1 atom stereocenters. The minimum atomic E-state index is -0.705. The molecule has 16 heavy (non-hydrogen) atoms. The Balaban J connectivity index is 2.90. The molecule has 5 heteroatoms. The van der Waals surface area contributed by atoms with E-state index in [1.165, 1.54) is 7.11 Å². The molecule has 0 saturated heterocycles. The summed E-state index contributed by atoms with van der Waals surface area (Å²) in [6, 6.07) is 3.29. The summed E-state index contributed by atoms with van der Waals surface area (Å²) in [6.45, 7) is 3.37. The van der Waals surface area contributed by atoms with Gasteiger partial charge in [0.25, 0.3) is 0 Å². The molecule has 1 aromatic rings.